The van der Waals surface area contributed by atoms with E-state index in [9.17, 15) is 15.2 Å². The number of benzene rings is 2. The molecule has 0 spiro atoms. The third-order valence-electron chi connectivity index (χ3n) is 5.89. The average Bonchev–Trinajstić information content (AvgIpc) is 2.63. The molecule has 2 aromatic carbocycles. The predicted molar refractivity (Wildman–Crippen MR) is 140 cm³/mol. The smallest absolute Gasteiger partial charge is 0.296 e. The first-order valence-corrected chi connectivity index (χ1v) is 11.9. The Labute approximate surface area is 204 Å². The minimum atomic E-state index is -0.477. The van der Waals surface area contributed by atoms with Crippen LogP contribution < -0.4 is 0 Å². The van der Waals surface area contributed by atoms with Crippen LogP contribution in [-0.2, 0) is 10.8 Å². The molecular weight excluding hydrogens is 426 g/mol. The van der Waals surface area contributed by atoms with Gasteiger partial charge in [0, 0.05) is 11.6 Å². The van der Waals surface area contributed by atoms with Gasteiger partial charge >= 0.3 is 0 Å². The highest BCUT2D eigenvalue weighted by Crippen LogP contribution is 2.47. The van der Waals surface area contributed by atoms with E-state index in [0.29, 0.717) is 5.69 Å². The van der Waals surface area contributed by atoms with Crippen molar-refractivity contribution in [2.45, 2.75) is 92.9 Å². The molecule has 0 bridgehead atoms. The van der Waals surface area contributed by atoms with Crippen molar-refractivity contribution >= 4 is 17.1 Å². The lowest BCUT2D eigenvalue weighted by Gasteiger charge is -2.37. The molecule has 0 aliphatic rings. The summed E-state index contributed by atoms with van der Waals surface area (Å²) in [5, 5.41) is 31.2. The first-order valence-electron chi connectivity index (χ1n) is 11.9. The molecule has 0 radical (unpaired) electrons. The molecule has 1 N–H and O–H groups in total. The Balaban J connectivity index is 2.72. The predicted octanol–water partition coefficient (Wildman–Crippen LogP) is 9.14. The minimum absolute atomic E-state index is 0.0548. The number of rotatable bonds is 7. The van der Waals surface area contributed by atoms with Crippen LogP contribution in [0.15, 0.2) is 46.6 Å². The van der Waals surface area contributed by atoms with Gasteiger partial charge < -0.3 is 5.11 Å². The van der Waals surface area contributed by atoms with Crippen molar-refractivity contribution in [1.82, 2.24) is 0 Å². The van der Waals surface area contributed by atoms with Gasteiger partial charge in [0.1, 0.15) is 11.4 Å². The third kappa shape index (κ3) is 7.12. The van der Waals surface area contributed by atoms with Gasteiger partial charge in [0.2, 0.25) is 0 Å². The second kappa shape index (κ2) is 9.47. The number of hydrogen-bond donors (Lipinski definition) is 1. The molecule has 0 amide bonds. The van der Waals surface area contributed by atoms with E-state index in [-0.39, 0.29) is 38.8 Å². The van der Waals surface area contributed by atoms with E-state index < -0.39 is 4.92 Å². The number of nitrogens with zero attached hydrogens (tertiary/aromatic N) is 3. The van der Waals surface area contributed by atoms with Crippen molar-refractivity contribution < 1.29 is 10.0 Å². The third-order valence-corrected chi connectivity index (χ3v) is 5.89. The van der Waals surface area contributed by atoms with Crippen LogP contribution in [-0.4, -0.2) is 10.0 Å². The largest absolute Gasteiger partial charge is 0.505 e. The van der Waals surface area contributed by atoms with Crippen LogP contribution in [0.4, 0.5) is 17.1 Å². The Kier molecular flexibility index (Phi) is 7.66. The molecule has 2 aromatic rings. The van der Waals surface area contributed by atoms with Gasteiger partial charge in [0.25, 0.3) is 5.69 Å². The number of hydrogen-bond acceptors (Lipinski definition) is 5. The van der Waals surface area contributed by atoms with Gasteiger partial charge in [0.05, 0.1) is 4.92 Å². The van der Waals surface area contributed by atoms with E-state index in [1.54, 1.807) is 18.2 Å². The number of nitro benzene ring substituents is 1. The van der Waals surface area contributed by atoms with E-state index in [1.165, 1.54) is 6.07 Å². The van der Waals surface area contributed by atoms with Gasteiger partial charge in [-0.1, -0.05) is 87.4 Å². The lowest BCUT2D eigenvalue weighted by molar-refractivity contribution is -0.384. The highest BCUT2D eigenvalue weighted by Gasteiger charge is 2.34. The van der Waals surface area contributed by atoms with Crippen molar-refractivity contribution in [2.75, 3.05) is 0 Å². The lowest BCUT2D eigenvalue weighted by Crippen LogP contribution is -2.28. The molecule has 34 heavy (non-hydrogen) atoms. The average molecular weight is 468 g/mol. The minimum Gasteiger partial charge on any atom is -0.505 e. The fourth-order valence-corrected chi connectivity index (χ4v) is 5.26. The molecule has 6 nitrogen and oxygen atoms in total. The molecule has 0 aromatic heterocycles. The second-order valence-electron chi connectivity index (χ2n) is 13.1. The zero-order valence-electron chi connectivity index (χ0n) is 22.5. The van der Waals surface area contributed by atoms with Crippen molar-refractivity contribution in [3.8, 4) is 5.75 Å². The molecule has 0 aliphatic carbocycles. The maximum atomic E-state index is 11.4. The van der Waals surface area contributed by atoms with Crippen molar-refractivity contribution in [3.05, 3.63) is 57.6 Å². The number of aromatic hydroxyl groups is 1. The SMILES string of the molecule is CC(C)(C)CC(C)(C)c1cc(N=Nc2ccccc2[N+](=O)[O-])c(O)c(C(C)(C)CC(C)(C)C)c1. The number of phenols is 1. The van der Waals surface area contributed by atoms with Crippen molar-refractivity contribution in [1.29, 1.82) is 0 Å². The molecule has 0 unspecified atom stereocenters. The first-order chi connectivity index (χ1) is 15.3. The number of phenolic OH excluding ortho intramolecular Hbond substituents is 1. The zero-order chi connectivity index (χ0) is 26.1. The quantitative estimate of drug-likeness (QED) is 0.250. The van der Waals surface area contributed by atoms with Crippen molar-refractivity contribution in [3.63, 3.8) is 0 Å². The summed E-state index contributed by atoms with van der Waals surface area (Å²) in [6.07, 6.45) is 1.79. The van der Waals surface area contributed by atoms with E-state index in [2.05, 4.69) is 85.5 Å². The molecule has 6 heteroatoms. The molecule has 0 saturated carbocycles. The van der Waals surface area contributed by atoms with E-state index in [0.717, 1.165) is 24.0 Å². The molecular formula is C28H41N3O3. The fraction of sp³-hybridized carbons (Fsp3) is 0.571. The monoisotopic (exact) mass is 467 g/mol. The van der Waals surface area contributed by atoms with Crippen LogP contribution >= 0.6 is 0 Å². The number of azo groups is 1. The topological polar surface area (TPSA) is 88.1 Å². The molecule has 0 heterocycles. The Bertz CT molecular complexity index is 1070. The maximum Gasteiger partial charge on any atom is 0.296 e. The van der Waals surface area contributed by atoms with E-state index in [4.69, 9.17) is 0 Å². The Morgan fingerprint density at radius 1 is 0.794 bits per heavy atom. The summed E-state index contributed by atoms with van der Waals surface area (Å²) in [4.78, 5) is 10.9. The van der Waals surface area contributed by atoms with Crippen LogP contribution in [0.5, 0.6) is 5.75 Å². The second-order valence-corrected chi connectivity index (χ2v) is 13.1. The van der Waals surface area contributed by atoms with Crippen molar-refractivity contribution in [2.24, 2.45) is 21.1 Å². The Hall–Kier alpha value is -2.76. The first kappa shape index (κ1) is 27.5. The zero-order valence-corrected chi connectivity index (χ0v) is 22.5. The molecule has 0 fully saturated rings. The standard InChI is InChI=1S/C28H41N3O3/c1-25(2,3)17-27(7,8)19-15-20(28(9,10)18-26(4,5)6)24(32)22(16-19)30-29-21-13-11-12-14-23(21)31(33)34/h11-16,32H,17-18H2,1-10H3. The normalized spacial score (nSPS) is 13.5. The van der Waals surface area contributed by atoms with Crippen LogP contribution in [0.3, 0.4) is 0 Å². The van der Waals surface area contributed by atoms with Gasteiger partial charge in [-0.25, -0.2) is 0 Å². The van der Waals surface area contributed by atoms with Crippen LogP contribution in [0.2, 0.25) is 0 Å². The maximum absolute atomic E-state index is 11.4. The van der Waals surface area contributed by atoms with Crippen LogP contribution in [0, 0.1) is 20.9 Å². The summed E-state index contributed by atoms with van der Waals surface area (Å²) >= 11 is 0. The summed E-state index contributed by atoms with van der Waals surface area (Å²) in [7, 11) is 0. The molecule has 186 valence electrons. The molecule has 0 saturated heterocycles. The number of para-hydroxylation sites is 1. The Morgan fingerprint density at radius 3 is 1.82 bits per heavy atom. The van der Waals surface area contributed by atoms with Gasteiger partial charge in [-0.2, -0.15) is 0 Å². The summed E-state index contributed by atoms with van der Waals surface area (Å²) in [5.74, 6) is 0.0758. The van der Waals surface area contributed by atoms with Crippen LogP contribution in [0.25, 0.3) is 0 Å². The number of nitro groups is 1. The molecule has 0 aliphatic heterocycles. The highest BCUT2D eigenvalue weighted by molar-refractivity contribution is 5.62. The highest BCUT2D eigenvalue weighted by atomic mass is 16.6. The van der Waals surface area contributed by atoms with E-state index in [1.807, 2.05) is 6.07 Å². The van der Waals surface area contributed by atoms with Crippen LogP contribution in [0.1, 0.15) is 93.2 Å². The summed E-state index contributed by atoms with van der Waals surface area (Å²) < 4.78 is 0. The molecule has 2 rings (SSSR count). The Morgan fingerprint density at radius 2 is 1.29 bits per heavy atom. The van der Waals surface area contributed by atoms with Gasteiger partial charge in [-0.3, -0.25) is 10.1 Å². The lowest BCUT2D eigenvalue weighted by atomic mass is 9.68. The summed E-state index contributed by atoms with van der Waals surface area (Å²) in [6, 6.07) is 10.2. The van der Waals surface area contributed by atoms with E-state index >= 15 is 0 Å². The summed E-state index contributed by atoms with van der Waals surface area (Å²) in [6.45, 7) is 21.9. The van der Waals surface area contributed by atoms with Gasteiger partial charge in [-0.05, 0) is 52.2 Å². The molecule has 0 atom stereocenters. The fourth-order valence-electron chi connectivity index (χ4n) is 5.26. The summed E-state index contributed by atoms with van der Waals surface area (Å²) in [5.41, 5.74) is 1.90. The van der Waals surface area contributed by atoms with Gasteiger partial charge in [0.15, 0.2) is 5.69 Å². The van der Waals surface area contributed by atoms with Gasteiger partial charge in [-0.15, -0.1) is 10.2 Å².